The smallest absolute Gasteiger partial charge is 0.152 e. The second kappa shape index (κ2) is 6.95. The van der Waals surface area contributed by atoms with Gasteiger partial charge in [0.2, 0.25) is 0 Å². The van der Waals surface area contributed by atoms with Crippen molar-refractivity contribution in [2.45, 2.75) is 61.9 Å². The van der Waals surface area contributed by atoms with E-state index in [0.717, 1.165) is 22.0 Å². The van der Waals surface area contributed by atoms with Gasteiger partial charge in [-0.05, 0) is 25.7 Å². The fourth-order valence-electron chi connectivity index (χ4n) is 2.57. The fourth-order valence-corrected chi connectivity index (χ4v) is 5.08. The van der Waals surface area contributed by atoms with E-state index >= 15 is 0 Å². The predicted molar refractivity (Wildman–Crippen MR) is 74.4 cm³/mol. The Kier molecular flexibility index (Phi) is 5.57. The Bertz CT molecular complexity index is 196. The van der Waals surface area contributed by atoms with Crippen LogP contribution < -0.4 is 0 Å². The van der Waals surface area contributed by atoms with Gasteiger partial charge in [0.05, 0.1) is 11.5 Å². The van der Waals surface area contributed by atoms with E-state index in [-0.39, 0.29) is 0 Å². The Hall–Kier alpha value is 0.370. The predicted octanol–water partition coefficient (Wildman–Crippen LogP) is 3.91. The summed E-state index contributed by atoms with van der Waals surface area (Å²) in [5.41, 5.74) is 0. The lowest BCUT2D eigenvalue weighted by molar-refractivity contribution is -0.114. The van der Waals surface area contributed by atoms with Gasteiger partial charge >= 0.3 is 0 Å². The van der Waals surface area contributed by atoms with Crippen LogP contribution >= 0.6 is 23.5 Å². The highest BCUT2D eigenvalue weighted by atomic mass is 32.2. The molecular formula is C13H22OS2. The molecule has 0 radical (unpaired) electrons. The third kappa shape index (κ3) is 4.33. The van der Waals surface area contributed by atoms with Crippen LogP contribution in [-0.4, -0.2) is 27.8 Å². The highest BCUT2D eigenvalue weighted by molar-refractivity contribution is 8.02. The van der Waals surface area contributed by atoms with E-state index < -0.39 is 0 Å². The Balaban J connectivity index is 1.53. The summed E-state index contributed by atoms with van der Waals surface area (Å²) in [7, 11) is 0. The molecule has 0 atom stereocenters. The number of ketones is 1. The molecule has 92 valence electrons. The van der Waals surface area contributed by atoms with Crippen molar-refractivity contribution >= 4 is 29.3 Å². The number of carbonyl (C=O) groups is 1. The van der Waals surface area contributed by atoms with Crippen molar-refractivity contribution in [2.24, 2.45) is 0 Å². The van der Waals surface area contributed by atoms with E-state index in [4.69, 9.17) is 0 Å². The van der Waals surface area contributed by atoms with Crippen LogP contribution in [0.15, 0.2) is 0 Å². The SMILES string of the molecule is O=C(CSC1CCCC1)CSC1CCCC1. The number of hydrogen-bond donors (Lipinski definition) is 0. The highest BCUT2D eigenvalue weighted by Gasteiger charge is 2.19. The van der Waals surface area contributed by atoms with Crippen LogP contribution in [0.5, 0.6) is 0 Å². The van der Waals surface area contributed by atoms with E-state index in [1.807, 2.05) is 23.5 Å². The van der Waals surface area contributed by atoms with E-state index in [1.165, 1.54) is 51.4 Å². The molecule has 2 aliphatic carbocycles. The van der Waals surface area contributed by atoms with Crippen LogP contribution in [0, 0.1) is 0 Å². The zero-order valence-electron chi connectivity index (χ0n) is 9.95. The van der Waals surface area contributed by atoms with E-state index in [2.05, 4.69) is 0 Å². The van der Waals surface area contributed by atoms with Crippen molar-refractivity contribution in [1.29, 1.82) is 0 Å². The van der Waals surface area contributed by atoms with Crippen LogP contribution in [0.4, 0.5) is 0 Å². The Morgan fingerprint density at radius 1 is 0.812 bits per heavy atom. The van der Waals surface area contributed by atoms with Gasteiger partial charge in [0.15, 0.2) is 5.78 Å². The summed E-state index contributed by atoms with van der Waals surface area (Å²) >= 11 is 3.82. The van der Waals surface area contributed by atoms with Gasteiger partial charge in [0.1, 0.15) is 0 Å². The zero-order chi connectivity index (χ0) is 11.2. The molecule has 0 unspecified atom stereocenters. The summed E-state index contributed by atoms with van der Waals surface area (Å²) in [5, 5.41) is 1.58. The maximum Gasteiger partial charge on any atom is 0.152 e. The third-order valence-corrected chi connectivity index (χ3v) is 6.43. The van der Waals surface area contributed by atoms with Gasteiger partial charge in [0.25, 0.3) is 0 Å². The van der Waals surface area contributed by atoms with Crippen LogP contribution in [0.1, 0.15) is 51.4 Å². The van der Waals surface area contributed by atoms with Gasteiger partial charge in [-0.25, -0.2) is 0 Å². The summed E-state index contributed by atoms with van der Waals surface area (Å²) in [4.78, 5) is 11.7. The van der Waals surface area contributed by atoms with Gasteiger partial charge in [-0.1, -0.05) is 25.7 Å². The number of Topliss-reactive ketones (excluding diaryl/α,β-unsaturated/α-hetero) is 1. The van der Waals surface area contributed by atoms with Gasteiger partial charge in [-0.15, -0.1) is 0 Å². The van der Waals surface area contributed by atoms with E-state index in [0.29, 0.717) is 5.78 Å². The molecule has 16 heavy (non-hydrogen) atoms. The van der Waals surface area contributed by atoms with Crippen molar-refractivity contribution in [3.63, 3.8) is 0 Å². The van der Waals surface area contributed by atoms with Crippen LogP contribution in [-0.2, 0) is 4.79 Å². The first-order chi connectivity index (χ1) is 7.84. The minimum atomic E-state index is 0.466. The molecule has 1 nitrogen and oxygen atoms in total. The molecule has 2 saturated carbocycles. The van der Waals surface area contributed by atoms with Gasteiger partial charge in [0, 0.05) is 10.5 Å². The standard InChI is InChI=1S/C13H22OS2/c14-11(9-15-12-5-1-2-6-12)10-16-13-7-3-4-8-13/h12-13H,1-10H2. The molecule has 0 N–H and O–H groups in total. The number of carbonyl (C=O) groups excluding carboxylic acids is 1. The second-order valence-electron chi connectivity index (χ2n) is 4.97. The molecule has 0 aromatic carbocycles. The Labute approximate surface area is 108 Å². The quantitative estimate of drug-likeness (QED) is 0.719. The molecule has 0 aromatic heterocycles. The van der Waals surface area contributed by atoms with Crippen LogP contribution in [0.3, 0.4) is 0 Å². The second-order valence-corrected chi connectivity index (χ2v) is 7.55. The first-order valence-corrected chi connectivity index (χ1v) is 8.69. The monoisotopic (exact) mass is 258 g/mol. The Morgan fingerprint density at radius 3 is 1.56 bits per heavy atom. The minimum Gasteiger partial charge on any atom is -0.298 e. The lowest BCUT2D eigenvalue weighted by Gasteiger charge is -2.09. The lowest BCUT2D eigenvalue weighted by Crippen LogP contribution is -2.10. The van der Waals surface area contributed by atoms with Crippen molar-refractivity contribution in [3.8, 4) is 0 Å². The Morgan fingerprint density at radius 2 is 1.19 bits per heavy atom. The summed E-state index contributed by atoms with van der Waals surface area (Å²) in [6.45, 7) is 0. The number of thioether (sulfide) groups is 2. The molecule has 0 bridgehead atoms. The van der Waals surface area contributed by atoms with Crippen molar-refractivity contribution in [2.75, 3.05) is 11.5 Å². The molecule has 3 heteroatoms. The van der Waals surface area contributed by atoms with Crippen molar-refractivity contribution in [3.05, 3.63) is 0 Å². The van der Waals surface area contributed by atoms with Gasteiger partial charge in [-0.3, -0.25) is 4.79 Å². The first kappa shape index (κ1) is 12.8. The summed E-state index contributed by atoms with van der Waals surface area (Å²) in [5.74, 6) is 2.00. The van der Waals surface area contributed by atoms with Crippen molar-refractivity contribution < 1.29 is 4.79 Å². The fraction of sp³-hybridized carbons (Fsp3) is 0.923. The minimum absolute atomic E-state index is 0.466. The largest absolute Gasteiger partial charge is 0.298 e. The number of rotatable bonds is 6. The molecular weight excluding hydrogens is 236 g/mol. The van der Waals surface area contributed by atoms with E-state index in [1.54, 1.807) is 0 Å². The maximum absolute atomic E-state index is 11.7. The summed E-state index contributed by atoms with van der Waals surface area (Å²) < 4.78 is 0. The topological polar surface area (TPSA) is 17.1 Å². The molecule has 0 saturated heterocycles. The maximum atomic E-state index is 11.7. The third-order valence-electron chi connectivity index (χ3n) is 3.56. The molecule has 0 aromatic rings. The van der Waals surface area contributed by atoms with E-state index in [9.17, 15) is 4.79 Å². The molecule has 0 aliphatic heterocycles. The molecule has 2 aliphatic rings. The molecule has 0 amide bonds. The van der Waals surface area contributed by atoms with Crippen LogP contribution in [0.25, 0.3) is 0 Å². The molecule has 2 rings (SSSR count). The van der Waals surface area contributed by atoms with Crippen LogP contribution in [0.2, 0.25) is 0 Å². The normalized spacial score (nSPS) is 23.0. The molecule has 0 spiro atoms. The van der Waals surface area contributed by atoms with Gasteiger partial charge < -0.3 is 0 Å². The van der Waals surface area contributed by atoms with Crippen molar-refractivity contribution in [1.82, 2.24) is 0 Å². The first-order valence-electron chi connectivity index (χ1n) is 6.59. The highest BCUT2D eigenvalue weighted by Crippen LogP contribution is 2.31. The zero-order valence-corrected chi connectivity index (χ0v) is 11.6. The molecule has 2 fully saturated rings. The molecule has 0 heterocycles. The van der Waals surface area contributed by atoms with Gasteiger partial charge in [-0.2, -0.15) is 23.5 Å². The lowest BCUT2D eigenvalue weighted by atomic mass is 10.4. The number of hydrogen-bond acceptors (Lipinski definition) is 3. The average Bonchev–Trinajstić information content (AvgIpc) is 2.96. The average molecular weight is 258 g/mol. The summed E-state index contributed by atoms with van der Waals surface area (Å²) in [6.07, 6.45) is 10.9. The summed E-state index contributed by atoms with van der Waals surface area (Å²) in [6, 6.07) is 0.